The highest BCUT2D eigenvalue weighted by Gasteiger charge is 2.39. The topological polar surface area (TPSA) is 29.5 Å². The van der Waals surface area contributed by atoms with Crippen molar-refractivity contribution in [1.82, 2.24) is 4.90 Å². The second kappa shape index (κ2) is 6.75. The average molecular weight is 346 g/mol. The summed E-state index contributed by atoms with van der Waals surface area (Å²) < 4.78 is 5.95. The van der Waals surface area contributed by atoms with Crippen LogP contribution in [-0.2, 0) is 4.74 Å². The Morgan fingerprint density at radius 3 is 2.12 bits per heavy atom. The third-order valence-electron chi connectivity index (χ3n) is 4.69. The number of rotatable bonds is 4. The van der Waals surface area contributed by atoms with Crippen LogP contribution >= 0.6 is 0 Å². The molecule has 1 atom stereocenters. The Morgan fingerprint density at radius 2 is 1.62 bits per heavy atom. The Bertz CT molecular complexity index is 648. The van der Waals surface area contributed by atoms with Gasteiger partial charge in [0.2, 0.25) is 0 Å². The van der Waals surface area contributed by atoms with Gasteiger partial charge in [-0.2, -0.15) is 0 Å². The zero-order valence-corrected chi connectivity index (χ0v) is 17.3. The van der Waals surface area contributed by atoms with E-state index >= 15 is 0 Å². The van der Waals surface area contributed by atoms with Crippen LogP contribution in [0.5, 0.6) is 0 Å². The van der Waals surface area contributed by atoms with Gasteiger partial charge in [-0.05, 0) is 45.8 Å². The van der Waals surface area contributed by atoms with E-state index in [1.807, 2.05) is 33.8 Å². The largest absolute Gasteiger partial charge is 0.415 e. The lowest BCUT2D eigenvalue weighted by atomic mass is 10.1. The summed E-state index contributed by atoms with van der Waals surface area (Å²) >= 11 is 0. The number of fused-ring (bicyclic) bond motifs is 1. The van der Waals surface area contributed by atoms with E-state index < -0.39 is 8.07 Å². The van der Waals surface area contributed by atoms with Crippen LogP contribution < -0.4 is 0 Å². The Hall–Kier alpha value is -1.55. The molecule has 0 heterocycles. The predicted molar refractivity (Wildman–Crippen MR) is 104 cm³/mol. The van der Waals surface area contributed by atoms with Crippen LogP contribution in [0.15, 0.2) is 29.8 Å². The monoisotopic (exact) mass is 345 g/mol. The smallest absolute Gasteiger partial charge is 0.410 e. The zero-order valence-electron chi connectivity index (χ0n) is 16.3. The number of carbonyl (C=O) groups excluding carboxylic acids is 1. The van der Waals surface area contributed by atoms with Crippen molar-refractivity contribution in [3.05, 3.63) is 41.0 Å². The number of carbonyl (C=O) groups is 1. The highest BCUT2D eigenvalue weighted by molar-refractivity contribution is 6.78. The third kappa shape index (κ3) is 3.43. The van der Waals surface area contributed by atoms with E-state index in [0.717, 1.165) is 11.3 Å². The maximum Gasteiger partial charge on any atom is 0.415 e. The molecule has 0 unspecified atom stereocenters. The molecule has 24 heavy (non-hydrogen) atoms. The average Bonchev–Trinajstić information content (AvgIpc) is 2.70. The van der Waals surface area contributed by atoms with E-state index in [1.54, 1.807) is 4.90 Å². The molecule has 2 rings (SSSR count). The number of ether oxygens (including phenoxy) is 1. The van der Waals surface area contributed by atoms with Crippen LogP contribution in [0.1, 0.15) is 51.3 Å². The maximum absolute atomic E-state index is 12.8. The van der Waals surface area contributed by atoms with Gasteiger partial charge in [0.1, 0.15) is 5.76 Å². The summed E-state index contributed by atoms with van der Waals surface area (Å²) in [5.74, 6) is 0.773. The van der Waals surface area contributed by atoms with Gasteiger partial charge in [0.15, 0.2) is 0 Å². The minimum Gasteiger partial charge on any atom is -0.410 e. The summed E-state index contributed by atoms with van der Waals surface area (Å²) in [5, 5.41) is 0. The van der Waals surface area contributed by atoms with Crippen molar-refractivity contribution in [3.63, 3.8) is 0 Å². The molecule has 3 nitrogen and oxygen atoms in total. The van der Waals surface area contributed by atoms with Crippen molar-refractivity contribution < 1.29 is 9.53 Å². The van der Waals surface area contributed by atoms with Gasteiger partial charge in [0, 0.05) is 23.2 Å². The number of hydrogen-bond acceptors (Lipinski definition) is 2. The number of hydrogen-bond donors (Lipinski definition) is 0. The fraction of sp³-hybridized carbons (Fsp3) is 0.550. The van der Waals surface area contributed by atoms with Crippen molar-refractivity contribution in [2.45, 2.75) is 71.9 Å². The van der Waals surface area contributed by atoms with Crippen molar-refractivity contribution in [2.24, 2.45) is 0 Å². The van der Waals surface area contributed by atoms with Crippen molar-refractivity contribution in [3.8, 4) is 0 Å². The van der Waals surface area contributed by atoms with Gasteiger partial charge in [0.05, 0.1) is 8.07 Å². The van der Waals surface area contributed by atoms with E-state index in [9.17, 15) is 4.79 Å². The molecule has 1 aliphatic rings. The third-order valence-corrected chi connectivity index (χ3v) is 7.16. The maximum atomic E-state index is 12.8. The first-order valence-corrected chi connectivity index (χ1v) is 12.4. The molecular weight excluding hydrogens is 314 g/mol. The standard InChI is InChI=1S/C20H31NO2Si/c1-13(2)21(14(3)4)20(22)23-18-15(5)19(24(6,7)8)17-12-10-9-11-16(17)18/h9-14,19H,1-8H3/t19-/m0/s1. The molecule has 4 heteroatoms. The van der Waals surface area contributed by atoms with E-state index in [-0.39, 0.29) is 18.2 Å². The highest BCUT2D eigenvalue weighted by Crippen LogP contribution is 2.46. The molecule has 0 aromatic heterocycles. The van der Waals surface area contributed by atoms with Crippen LogP contribution in [0.4, 0.5) is 4.79 Å². The number of allylic oxidation sites excluding steroid dienone is 1. The summed E-state index contributed by atoms with van der Waals surface area (Å²) in [6, 6.07) is 8.60. The molecule has 0 N–H and O–H groups in total. The van der Waals surface area contributed by atoms with Crippen LogP contribution in [0, 0.1) is 0 Å². The number of nitrogens with zero attached hydrogens (tertiary/aromatic N) is 1. The Balaban J connectivity index is 2.42. The molecule has 132 valence electrons. The van der Waals surface area contributed by atoms with E-state index in [4.69, 9.17) is 4.74 Å². The second-order valence-corrected chi connectivity index (χ2v) is 13.7. The Labute approximate surface area is 147 Å². The molecule has 0 saturated carbocycles. The van der Waals surface area contributed by atoms with E-state index in [1.165, 1.54) is 11.1 Å². The predicted octanol–water partition coefficient (Wildman–Crippen LogP) is 5.65. The van der Waals surface area contributed by atoms with Crippen LogP contribution in [-0.4, -0.2) is 31.2 Å². The van der Waals surface area contributed by atoms with Gasteiger partial charge in [-0.15, -0.1) is 0 Å². The fourth-order valence-electron chi connectivity index (χ4n) is 3.94. The van der Waals surface area contributed by atoms with Crippen LogP contribution in [0.25, 0.3) is 5.76 Å². The van der Waals surface area contributed by atoms with Crippen molar-refractivity contribution in [1.29, 1.82) is 0 Å². The summed E-state index contributed by atoms with van der Waals surface area (Å²) in [5.41, 5.74) is 4.01. The first-order chi connectivity index (χ1) is 11.1. The lowest BCUT2D eigenvalue weighted by Gasteiger charge is -2.30. The van der Waals surface area contributed by atoms with Crippen LogP contribution in [0.2, 0.25) is 19.6 Å². The normalized spacial score (nSPS) is 17.5. The quantitative estimate of drug-likeness (QED) is 0.660. The second-order valence-electron chi connectivity index (χ2n) is 8.36. The first-order valence-electron chi connectivity index (χ1n) is 8.86. The SMILES string of the molecule is CC1=C(OC(=O)N(C(C)C)C(C)C)c2ccccc2[C@H]1[Si](C)(C)C. The molecule has 0 saturated heterocycles. The summed E-state index contributed by atoms with van der Waals surface area (Å²) in [7, 11) is -1.46. The van der Waals surface area contributed by atoms with Crippen LogP contribution in [0.3, 0.4) is 0 Å². The summed E-state index contributed by atoms with van der Waals surface area (Å²) in [4.78, 5) is 14.6. The van der Waals surface area contributed by atoms with Gasteiger partial charge in [-0.1, -0.05) is 43.9 Å². The Kier molecular flexibility index (Phi) is 5.28. The highest BCUT2D eigenvalue weighted by atomic mass is 28.3. The minimum absolute atomic E-state index is 0.114. The Morgan fingerprint density at radius 1 is 1.08 bits per heavy atom. The summed E-state index contributed by atoms with van der Waals surface area (Å²) in [6.07, 6.45) is -0.250. The molecule has 0 spiro atoms. The minimum atomic E-state index is -1.46. The molecule has 0 radical (unpaired) electrons. The van der Waals surface area contributed by atoms with Crippen molar-refractivity contribution >= 4 is 19.9 Å². The van der Waals surface area contributed by atoms with Gasteiger partial charge < -0.3 is 9.64 Å². The molecule has 1 amide bonds. The number of benzene rings is 1. The molecule has 0 bridgehead atoms. The molecular formula is C20H31NO2Si. The fourth-order valence-corrected chi connectivity index (χ4v) is 6.56. The zero-order chi connectivity index (χ0) is 18.2. The molecule has 1 aliphatic carbocycles. The van der Waals surface area contributed by atoms with Gasteiger partial charge in [-0.25, -0.2) is 4.79 Å². The lowest BCUT2D eigenvalue weighted by Crippen LogP contribution is -2.42. The van der Waals surface area contributed by atoms with E-state index in [0.29, 0.717) is 5.54 Å². The van der Waals surface area contributed by atoms with Crippen molar-refractivity contribution in [2.75, 3.05) is 0 Å². The first kappa shape index (κ1) is 18.8. The van der Waals surface area contributed by atoms with Gasteiger partial charge >= 0.3 is 6.09 Å². The molecule has 0 fully saturated rings. The van der Waals surface area contributed by atoms with Gasteiger partial charge in [-0.3, -0.25) is 0 Å². The molecule has 0 aliphatic heterocycles. The number of amides is 1. The summed E-state index contributed by atoms with van der Waals surface area (Å²) in [6.45, 7) is 17.3. The molecule has 1 aromatic carbocycles. The lowest BCUT2D eigenvalue weighted by molar-refractivity contribution is 0.114. The van der Waals surface area contributed by atoms with E-state index in [2.05, 4.69) is 44.8 Å². The van der Waals surface area contributed by atoms with Gasteiger partial charge in [0.25, 0.3) is 0 Å². The molecule has 1 aromatic rings.